The SMILES string of the molecule is CC(=O)O.O=[C-]c1ccccc1.[Pd]. The summed E-state index contributed by atoms with van der Waals surface area (Å²) in [5.41, 5.74) is 0.604. The first kappa shape index (κ1) is 14.5. The molecule has 0 aliphatic carbocycles. The number of rotatable bonds is 1. The molecule has 0 unspecified atom stereocenters. The Morgan fingerprint density at radius 2 is 1.69 bits per heavy atom. The summed E-state index contributed by atoms with van der Waals surface area (Å²) in [5, 5.41) is 7.42. The molecular formula is C9H9O3Pd-. The molecule has 0 aliphatic rings. The van der Waals surface area contributed by atoms with E-state index < -0.39 is 5.97 Å². The van der Waals surface area contributed by atoms with Crippen LogP contribution in [0.25, 0.3) is 0 Å². The second kappa shape index (κ2) is 9.11. The van der Waals surface area contributed by atoms with Crippen LogP contribution in [0.5, 0.6) is 0 Å². The Hall–Kier alpha value is -0.978. The minimum atomic E-state index is -0.833. The zero-order chi connectivity index (χ0) is 9.40. The molecule has 0 saturated heterocycles. The zero-order valence-electron chi connectivity index (χ0n) is 6.97. The molecular weight excluding hydrogens is 263 g/mol. The molecule has 13 heavy (non-hydrogen) atoms. The van der Waals surface area contributed by atoms with Crippen LogP contribution < -0.4 is 0 Å². The summed E-state index contributed by atoms with van der Waals surface area (Å²) in [6, 6.07) is 8.90. The van der Waals surface area contributed by atoms with Gasteiger partial charge in [-0.1, -0.05) is 6.07 Å². The Labute approximate surface area is 90.4 Å². The van der Waals surface area contributed by atoms with Gasteiger partial charge in [-0.2, -0.15) is 17.7 Å². The number of hydrogen-bond acceptors (Lipinski definition) is 2. The van der Waals surface area contributed by atoms with Crippen LogP contribution in [0.1, 0.15) is 12.5 Å². The molecule has 74 valence electrons. The van der Waals surface area contributed by atoms with E-state index in [1.54, 1.807) is 30.6 Å². The normalized spacial score (nSPS) is 7.15. The van der Waals surface area contributed by atoms with E-state index in [2.05, 4.69) is 0 Å². The summed E-state index contributed by atoms with van der Waals surface area (Å²) in [7, 11) is 0. The molecule has 0 atom stereocenters. The third kappa shape index (κ3) is 11.0. The van der Waals surface area contributed by atoms with Crippen LogP contribution in [-0.4, -0.2) is 17.4 Å². The molecule has 4 heteroatoms. The number of aliphatic carboxylic acids is 1. The largest absolute Gasteiger partial charge is 0.481 e. The topological polar surface area (TPSA) is 54.4 Å². The van der Waals surface area contributed by atoms with Crippen molar-refractivity contribution in [1.29, 1.82) is 0 Å². The number of benzene rings is 1. The molecule has 0 heterocycles. The zero-order valence-corrected chi connectivity index (χ0v) is 8.52. The first-order valence-corrected chi connectivity index (χ1v) is 3.29. The number of carbonyl (C=O) groups excluding carboxylic acids is 1. The van der Waals surface area contributed by atoms with Crippen LogP contribution in [0.3, 0.4) is 0 Å². The van der Waals surface area contributed by atoms with E-state index in [9.17, 15) is 4.79 Å². The average Bonchev–Trinajstić information content (AvgIpc) is 2.05. The van der Waals surface area contributed by atoms with Crippen LogP contribution in [0, 0.1) is 0 Å². The summed E-state index contributed by atoms with van der Waals surface area (Å²) >= 11 is 0. The predicted molar refractivity (Wildman–Crippen MR) is 44.5 cm³/mol. The predicted octanol–water partition coefficient (Wildman–Crippen LogP) is 1.23. The summed E-state index contributed by atoms with van der Waals surface area (Å²) in [6.07, 6.45) is 1.78. The molecule has 0 fully saturated rings. The van der Waals surface area contributed by atoms with Crippen LogP contribution in [0.2, 0.25) is 0 Å². The van der Waals surface area contributed by atoms with E-state index in [1.807, 2.05) is 6.07 Å². The van der Waals surface area contributed by atoms with E-state index in [1.165, 1.54) is 0 Å². The fourth-order valence-electron chi connectivity index (χ4n) is 0.506. The Bertz CT molecular complexity index is 242. The third-order valence-electron chi connectivity index (χ3n) is 0.892. The number of carbonyl (C=O) groups is 1. The quantitative estimate of drug-likeness (QED) is 0.617. The van der Waals surface area contributed by atoms with Gasteiger partial charge in [-0.25, -0.2) is 0 Å². The number of carboxylic acids is 1. The van der Waals surface area contributed by atoms with Crippen LogP contribution in [0.4, 0.5) is 0 Å². The van der Waals surface area contributed by atoms with Gasteiger partial charge in [-0.05, 0) is 0 Å². The Morgan fingerprint density at radius 1 is 1.31 bits per heavy atom. The summed E-state index contributed by atoms with van der Waals surface area (Å²) in [6.45, 7) is 1.08. The van der Waals surface area contributed by atoms with Crippen molar-refractivity contribution in [1.82, 2.24) is 0 Å². The molecule has 0 radical (unpaired) electrons. The van der Waals surface area contributed by atoms with Gasteiger partial charge in [-0.15, -0.1) is 12.1 Å². The van der Waals surface area contributed by atoms with E-state index in [-0.39, 0.29) is 20.4 Å². The minimum absolute atomic E-state index is 0. The molecule has 1 N–H and O–H groups in total. The van der Waals surface area contributed by atoms with Crippen molar-refractivity contribution in [3.05, 3.63) is 35.9 Å². The van der Waals surface area contributed by atoms with E-state index in [0.29, 0.717) is 5.56 Å². The van der Waals surface area contributed by atoms with Crippen LogP contribution in [0.15, 0.2) is 30.3 Å². The summed E-state index contributed by atoms with van der Waals surface area (Å²) < 4.78 is 0. The molecule has 0 saturated carbocycles. The van der Waals surface area contributed by atoms with Crippen molar-refractivity contribution in [2.24, 2.45) is 0 Å². The van der Waals surface area contributed by atoms with E-state index >= 15 is 0 Å². The van der Waals surface area contributed by atoms with Gasteiger partial charge in [0.2, 0.25) is 0 Å². The van der Waals surface area contributed by atoms with Crippen LogP contribution >= 0.6 is 0 Å². The molecule has 0 aliphatic heterocycles. The smallest absolute Gasteiger partial charge is 0.300 e. The van der Waals surface area contributed by atoms with E-state index in [0.717, 1.165) is 6.92 Å². The maximum Gasteiger partial charge on any atom is 0.300 e. The van der Waals surface area contributed by atoms with Gasteiger partial charge >= 0.3 is 0 Å². The van der Waals surface area contributed by atoms with E-state index in [4.69, 9.17) is 9.90 Å². The van der Waals surface area contributed by atoms with Gasteiger partial charge in [0.15, 0.2) is 0 Å². The van der Waals surface area contributed by atoms with Gasteiger partial charge < -0.3 is 9.90 Å². The van der Waals surface area contributed by atoms with Crippen molar-refractivity contribution in [3.8, 4) is 0 Å². The first-order valence-electron chi connectivity index (χ1n) is 3.29. The van der Waals surface area contributed by atoms with Crippen molar-refractivity contribution in [2.75, 3.05) is 0 Å². The molecule has 0 spiro atoms. The molecule has 1 rings (SSSR count). The monoisotopic (exact) mass is 271 g/mol. The second-order valence-corrected chi connectivity index (χ2v) is 1.99. The fraction of sp³-hybridized carbons (Fsp3) is 0.111. The second-order valence-electron chi connectivity index (χ2n) is 1.99. The standard InChI is InChI=1S/C7H5O.C2H4O2.Pd/c8-6-7-4-2-1-3-5-7;1-2(3)4;/h1-5H;1H3,(H,3,4);/q-1;;. The number of carboxylic acid groups (broad SMARTS) is 1. The summed E-state index contributed by atoms with van der Waals surface area (Å²) in [5.74, 6) is -0.833. The third-order valence-corrected chi connectivity index (χ3v) is 0.892. The van der Waals surface area contributed by atoms with Gasteiger partial charge in [0.1, 0.15) is 0 Å². The van der Waals surface area contributed by atoms with Gasteiger partial charge in [0.25, 0.3) is 5.97 Å². The molecule has 0 bridgehead atoms. The molecule has 3 nitrogen and oxygen atoms in total. The van der Waals surface area contributed by atoms with Crippen LogP contribution in [-0.2, 0) is 30.0 Å². The molecule has 1 aromatic rings. The molecule has 1 aromatic carbocycles. The maximum atomic E-state index is 9.88. The van der Waals surface area contributed by atoms with Crippen molar-refractivity contribution >= 4 is 12.3 Å². The molecule has 0 amide bonds. The van der Waals surface area contributed by atoms with Gasteiger partial charge in [0, 0.05) is 27.3 Å². The summed E-state index contributed by atoms with van der Waals surface area (Å²) in [4.78, 5) is 18.9. The Morgan fingerprint density at radius 3 is 1.92 bits per heavy atom. The van der Waals surface area contributed by atoms with Crippen molar-refractivity contribution in [2.45, 2.75) is 6.92 Å². The Kier molecular flexibility index (Phi) is 10.2. The Balaban J connectivity index is 0. The average molecular weight is 272 g/mol. The van der Waals surface area contributed by atoms with Crippen molar-refractivity contribution in [3.63, 3.8) is 0 Å². The van der Waals surface area contributed by atoms with Gasteiger partial charge in [0.05, 0.1) is 6.29 Å². The number of hydrogen-bond donors (Lipinski definition) is 1. The maximum absolute atomic E-state index is 9.88. The van der Waals surface area contributed by atoms with Gasteiger partial charge in [-0.3, -0.25) is 4.79 Å². The first-order chi connectivity index (χ1) is 5.66. The minimum Gasteiger partial charge on any atom is -0.481 e. The fourth-order valence-corrected chi connectivity index (χ4v) is 0.506. The van der Waals surface area contributed by atoms with Crippen molar-refractivity contribution < 1.29 is 35.1 Å². The molecule has 0 aromatic heterocycles.